The van der Waals surface area contributed by atoms with Gasteiger partial charge in [-0.15, -0.1) is 11.3 Å². The Labute approximate surface area is 114 Å². The van der Waals surface area contributed by atoms with Crippen molar-refractivity contribution in [2.75, 3.05) is 6.54 Å². The van der Waals surface area contributed by atoms with Gasteiger partial charge in [0, 0.05) is 11.6 Å². The molecule has 0 saturated carbocycles. The molecule has 0 radical (unpaired) electrons. The maximum Gasteiger partial charge on any atom is 0.261 e. The highest BCUT2D eigenvalue weighted by Gasteiger charge is 2.11. The molecule has 3 nitrogen and oxygen atoms in total. The number of hydrogen-bond donors (Lipinski definition) is 2. The Bertz CT molecular complexity index is 510. The molecule has 1 heterocycles. The number of hydrogen-bond acceptors (Lipinski definition) is 3. The SMILES string of the molecule is O=C(NC[C@@H](O)c1ccc(Cl)cc1)c1cccs1. The third kappa shape index (κ3) is 3.32. The van der Waals surface area contributed by atoms with Gasteiger partial charge in [-0.25, -0.2) is 0 Å². The molecule has 1 aromatic carbocycles. The molecular formula is C13H12ClNO2S. The lowest BCUT2D eigenvalue weighted by molar-refractivity contribution is 0.0920. The van der Waals surface area contributed by atoms with Crippen molar-refractivity contribution in [2.45, 2.75) is 6.10 Å². The number of rotatable bonds is 4. The van der Waals surface area contributed by atoms with E-state index in [-0.39, 0.29) is 12.5 Å². The Morgan fingerprint density at radius 2 is 2.06 bits per heavy atom. The van der Waals surface area contributed by atoms with Gasteiger partial charge >= 0.3 is 0 Å². The van der Waals surface area contributed by atoms with E-state index < -0.39 is 6.10 Å². The molecule has 18 heavy (non-hydrogen) atoms. The van der Waals surface area contributed by atoms with Gasteiger partial charge in [0.25, 0.3) is 5.91 Å². The lowest BCUT2D eigenvalue weighted by Gasteiger charge is -2.11. The predicted molar refractivity (Wildman–Crippen MR) is 73.1 cm³/mol. The zero-order valence-corrected chi connectivity index (χ0v) is 11.0. The molecule has 94 valence electrons. The van der Waals surface area contributed by atoms with E-state index in [9.17, 15) is 9.90 Å². The first-order chi connectivity index (χ1) is 8.66. The molecule has 0 fully saturated rings. The van der Waals surface area contributed by atoms with Crippen molar-refractivity contribution >= 4 is 28.8 Å². The highest BCUT2D eigenvalue weighted by Crippen LogP contribution is 2.16. The zero-order valence-electron chi connectivity index (χ0n) is 9.47. The van der Waals surface area contributed by atoms with Crippen LogP contribution >= 0.6 is 22.9 Å². The van der Waals surface area contributed by atoms with Crippen LogP contribution in [0.1, 0.15) is 21.3 Å². The summed E-state index contributed by atoms with van der Waals surface area (Å²) in [5.74, 6) is -0.169. The summed E-state index contributed by atoms with van der Waals surface area (Å²) >= 11 is 7.13. The van der Waals surface area contributed by atoms with Gasteiger partial charge in [-0.1, -0.05) is 29.8 Å². The summed E-state index contributed by atoms with van der Waals surface area (Å²) in [4.78, 5) is 12.3. The number of amides is 1. The average molecular weight is 282 g/mol. The van der Waals surface area contributed by atoms with Crippen LogP contribution in [0.5, 0.6) is 0 Å². The van der Waals surface area contributed by atoms with Crippen LogP contribution in [0.3, 0.4) is 0 Å². The highest BCUT2D eigenvalue weighted by atomic mass is 35.5. The number of thiophene rings is 1. The van der Waals surface area contributed by atoms with E-state index in [0.717, 1.165) is 5.56 Å². The first kappa shape index (κ1) is 13.1. The minimum absolute atomic E-state index is 0.169. The van der Waals surface area contributed by atoms with Crippen molar-refractivity contribution in [1.82, 2.24) is 5.32 Å². The van der Waals surface area contributed by atoms with Crippen LogP contribution in [0.2, 0.25) is 5.02 Å². The summed E-state index contributed by atoms with van der Waals surface area (Å²) in [6.45, 7) is 0.179. The Kier molecular flexibility index (Phi) is 4.36. The second-order valence-corrected chi connectivity index (χ2v) is 5.14. The van der Waals surface area contributed by atoms with E-state index >= 15 is 0 Å². The van der Waals surface area contributed by atoms with Crippen LogP contribution < -0.4 is 5.32 Å². The number of benzene rings is 1. The monoisotopic (exact) mass is 281 g/mol. The molecule has 0 unspecified atom stereocenters. The van der Waals surface area contributed by atoms with Crippen molar-refractivity contribution < 1.29 is 9.90 Å². The Hall–Kier alpha value is -1.36. The van der Waals surface area contributed by atoms with Crippen molar-refractivity contribution in [1.29, 1.82) is 0 Å². The normalized spacial score (nSPS) is 12.1. The number of aliphatic hydroxyl groups is 1. The maximum atomic E-state index is 11.7. The van der Waals surface area contributed by atoms with Gasteiger partial charge in [0.1, 0.15) is 0 Å². The zero-order chi connectivity index (χ0) is 13.0. The van der Waals surface area contributed by atoms with E-state index in [0.29, 0.717) is 9.90 Å². The molecule has 0 saturated heterocycles. The fourth-order valence-electron chi connectivity index (χ4n) is 1.49. The molecule has 2 N–H and O–H groups in total. The number of carbonyl (C=O) groups is 1. The smallest absolute Gasteiger partial charge is 0.261 e. The fourth-order valence-corrected chi connectivity index (χ4v) is 2.25. The van der Waals surface area contributed by atoms with E-state index in [1.54, 1.807) is 30.3 Å². The minimum atomic E-state index is -0.730. The van der Waals surface area contributed by atoms with Crippen molar-refractivity contribution in [3.8, 4) is 0 Å². The number of halogens is 1. The number of nitrogens with one attached hydrogen (secondary N) is 1. The molecule has 2 rings (SSSR count). The van der Waals surface area contributed by atoms with E-state index in [1.165, 1.54) is 11.3 Å². The van der Waals surface area contributed by atoms with Gasteiger partial charge in [0.2, 0.25) is 0 Å². The molecule has 1 aromatic heterocycles. The van der Waals surface area contributed by atoms with Crippen molar-refractivity contribution in [3.05, 3.63) is 57.2 Å². The first-order valence-electron chi connectivity index (χ1n) is 5.42. The molecule has 1 atom stereocenters. The lowest BCUT2D eigenvalue weighted by atomic mass is 10.1. The molecule has 0 aliphatic rings. The summed E-state index contributed by atoms with van der Waals surface area (Å²) in [7, 11) is 0. The van der Waals surface area contributed by atoms with Crippen molar-refractivity contribution in [2.24, 2.45) is 0 Å². The van der Waals surface area contributed by atoms with Gasteiger partial charge in [-0.3, -0.25) is 4.79 Å². The summed E-state index contributed by atoms with van der Waals surface area (Å²) < 4.78 is 0. The van der Waals surface area contributed by atoms with Gasteiger partial charge < -0.3 is 10.4 Å². The molecular weight excluding hydrogens is 270 g/mol. The predicted octanol–water partition coefficient (Wildman–Crippen LogP) is 2.86. The van der Waals surface area contributed by atoms with Crippen LogP contribution in [0, 0.1) is 0 Å². The van der Waals surface area contributed by atoms with Gasteiger partial charge in [0.05, 0.1) is 11.0 Å². The Morgan fingerprint density at radius 3 is 2.67 bits per heavy atom. The molecule has 2 aromatic rings. The largest absolute Gasteiger partial charge is 0.387 e. The molecule has 0 spiro atoms. The van der Waals surface area contributed by atoms with E-state index in [4.69, 9.17) is 11.6 Å². The first-order valence-corrected chi connectivity index (χ1v) is 6.68. The Balaban J connectivity index is 1.90. The second kappa shape index (κ2) is 6.00. The van der Waals surface area contributed by atoms with E-state index in [1.807, 2.05) is 11.4 Å². The second-order valence-electron chi connectivity index (χ2n) is 3.75. The van der Waals surface area contributed by atoms with Gasteiger partial charge in [0.15, 0.2) is 0 Å². The lowest BCUT2D eigenvalue weighted by Crippen LogP contribution is -2.27. The number of carbonyl (C=O) groups excluding carboxylic acids is 1. The summed E-state index contributed by atoms with van der Waals surface area (Å²) in [6.07, 6.45) is -0.730. The molecule has 0 aliphatic heterocycles. The van der Waals surface area contributed by atoms with Crippen LogP contribution in [0.4, 0.5) is 0 Å². The summed E-state index contributed by atoms with van der Waals surface area (Å²) in [5.41, 5.74) is 0.728. The quantitative estimate of drug-likeness (QED) is 0.905. The molecule has 1 amide bonds. The minimum Gasteiger partial charge on any atom is -0.387 e. The van der Waals surface area contributed by atoms with Gasteiger partial charge in [-0.05, 0) is 29.1 Å². The molecule has 5 heteroatoms. The topological polar surface area (TPSA) is 49.3 Å². The summed E-state index contributed by atoms with van der Waals surface area (Å²) in [5, 5.41) is 15.0. The highest BCUT2D eigenvalue weighted by molar-refractivity contribution is 7.12. The third-order valence-corrected chi connectivity index (χ3v) is 3.58. The van der Waals surface area contributed by atoms with Crippen LogP contribution in [-0.2, 0) is 0 Å². The van der Waals surface area contributed by atoms with Crippen LogP contribution in [-0.4, -0.2) is 17.6 Å². The average Bonchev–Trinajstić information content (AvgIpc) is 2.90. The molecule has 0 aliphatic carbocycles. The van der Waals surface area contributed by atoms with Crippen LogP contribution in [0.25, 0.3) is 0 Å². The molecule has 0 bridgehead atoms. The van der Waals surface area contributed by atoms with Crippen molar-refractivity contribution in [3.63, 3.8) is 0 Å². The van der Waals surface area contributed by atoms with Gasteiger partial charge in [-0.2, -0.15) is 0 Å². The van der Waals surface area contributed by atoms with E-state index in [2.05, 4.69) is 5.32 Å². The number of aliphatic hydroxyl groups excluding tert-OH is 1. The van der Waals surface area contributed by atoms with Crippen LogP contribution in [0.15, 0.2) is 41.8 Å². The third-order valence-electron chi connectivity index (χ3n) is 2.46. The standard InChI is InChI=1S/C13H12ClNO2S/c14-10-5-3-9(4-6-10)11(16)8-15-13(17)12-2-1-7-18-12/h1-7,11,16H,8H2,(H,15,17)/t11-/m1/s1. The Morgan fingerprint density at radius 1 is 1.33 bits per heavy atom. The fraction of sp³-hybridized carbons (Fsp3) is 0.154. The maximum absolute atomic E-state index is 11.7. The summed E-state index contributed by atoms with van der Waals surface area (Å²) in [6, 6.07) is 10.5.